The van der Waals surface area contributed by atoms with Crippen molar-refractivity contribution in [2.75, 3.05) is 46.0 Å². The lowest BCUT2D eigenvalue weighted by Gasteiger charge is -2.33. The largest absolute Gasteiger partial charge is 0.467 e. The second kappa shape index (κ2) is 9.29. The van der Waals surface area contributed by atoms with Crippen molar-refractivity contribution in [3.05, 3.63) is 34.9 Å². The molecule has 3 aliphatic rings. The van der Waals surface area contributed by atoms with E-state index in [1.54, 1.807) is 7.11 Å². The molecule has 1 saturated carbocycles. The Labute approximate surface area is 188 Å². The molecule has 0 amide bonds. The van der Waals surface area contributed by atoms with E-state index >= 15 is 0 Å². The molecule has 8 heteroatoms. The van der Waals surface area contributed by atoms with Crippen LogP contribution in [0.15, 0.2) is 18.2 Å². The SMILES string of the molecule is COCOc1cc(C2CC2)ccc1-c1nnc(N[C@@H]2C[C@@H](F)CN(C)C2)c2c1CCOC2. The second-order valence-electron chi connectivity index (χ2n) is 9.13. The van der Waals surface area contributed by atoms with E-state index in [1.165, 1.54) is 18.4 Å². The van der Waals surface area contributed by atoms with Crippen LogP contribution < -0.4 is 10.1 Å². The van der Waals surface area contributed by atoms with Crippen LogP contribution in [0.5, 0.6) is 5.75 Å². The maximum atomic E-state index is 14.1. The van der Waals surface area contributed by atoms with Crippen LogP contribution in [0, 0.1) is 0 Å². The standard InChI is InChI=1S/C24H31FN4O3/c1-29-11-17(25)10-18(12-29)26-24-21-13-31-8-7-19(21)23(27-28-24)20-6-5-16(15-3-4-15)9-22(20)32-14-30-2/h5-6,9,15,17-18H,3-4,7-8,10-14H2,1-2H3,(H,26,28)/t17-,18-/m1/s1. The fourth-order valence-electron chi connectivity index (χ4n) is 4.80. The molecule has 7 nitrogen and oxygen atoms in total. The van der Waals surface area contributed by atoms with E-state index in [4.69, 9.17) is 14.2 Å². The summed E-state index contributed by atoms with van der Waals surface area (Å²) in [6.07, 6.45) is 2.84. The first-order valence-electron chi connectivity index (χ1n) is 11.4. The minimum Gasteiger partial charge on any atom is -0.467 e. The Morgan fingerprint density at radius 3 is 2.88 bits per heavy atom. The number of piperidine rings is 1. The molecule has 1 N–H and O–H groups in total. The number of benzene rings is 1. The predicted molar refractivity (Wildman–Crippen MR) is 120 cm³/mol. The molecule has 172 valence electrons. The highest BCUT2D eigenvalue weighted by Gasteiger charge is 2.29. The Kier molecular flexibility index (Phi) is 6.26. The number of methoxy groups -OCH3 is 1. The third-order valence-corrected chi connectivity index (χ3v) is 6.49. The van der Waals surface area contributed by atoms with Gasteiger partial charge in [-0.2, -0.15) is 0 Å². The second-order valence-corrected chi connectivity index (χ2v) is 9.13. The van der Waals surface area contributed by atoms with E-state index in [0.717, 1.165) is 41.1 Å². The van der Waals surface area contributed by atoms with Crippen LogP contribution in [0.3, 0.4) is 0 Å². The van der Waals surface area contributed by atoms with Gasteiger partial charge in [0.2, 0.25) is 0 Å². The lowest BCUT2D eigenvalue weighted by atomic mass is 9.95. The van der Waals surface area contributed by atoms with Gasteiger partial charge in [-0.3, -0.25) is 0 Å². The molecule has 1 saturated heterocycles. The van der Waals surface area contributed by atoms with Gasteiger partial charge < -0.3 is 24.4 Å². The quantitative estimate of drug-likeness (QED) is 0.658. The molecule has 3 heterocycles. The molecule has 2 fully saturated rings. The van der Waals surface area contributed by atoms with Gasteiger partial charge in [0.05, 0.1) is 13.2 Å². The number of hydrogen-bond acceptors (Lipinski definition) is 7. The minimum atomic E-state index is -0.837. The number of nitrogens with zero attached hydrogens (tertiary/aromatic N) is 3. The fraction of sp³-hybridized carbons (Fsp3) is 0.583. The summed E-state index contributed by atoms with van der Waals surface area (Å²) in [7, 11) is 3.56. The first kappa shape index (κ1) is 21.6. The van der Waals surface area contributed by atoms with E-state index in [2.05, 4.69) is 33.7 Å². The van der Waals surface area contributed by atoms with Gasteiger partial charge in [0, 0.05) is 43.8 Å². The highest BCUT2D eigenvalue weighted by Crippen LogP contribution is 2.44. The van der Waals surface area contributed by atoms with Crippen molar-refractivity contribution in [2.24, 2.45) is 0 Å². The van der Waals surface area contributed by atoms with Crippen LogP contribution in [0.1, 0.15) is 41.9 Å². The third-order valence-electron chi connectivity index (χ3n) is 6.49. The normalized spacial score (nSPS) is 23.6. The van der Waals surface area contributed by atoms with Crippen molar-refractivity contribution in [3.63, 3.8) is 0 Å². The maximum Gasteiger partial charge on any atom is 0.188 e. The molecule has 2 aromatic rings. The molecule has 1 aliphatic carbocycles. The number of ether oxygens (including phenoxy) is 3. The van der Waals surface area contributed by atoms with Crippen molar-refractivity contribution in [1.29, 1.82) is 0 Å². The molecule has 32 heavy (non-hydrogen) atoms. The van der Waals surface area contributed by atoms with E-state index < -0.39 is 6.17 Å². The van der Waals surface area contributed by atoms with Crippen LogP contribution in [-0.4, -0.2) is 68.0 Å². The molecular formula is C24H31FN4O3. The van der Waals surface area contributed by atoms with Crippen LogP contribution >= 0.6 is 0 Å². The molecule has 5 rings (SSSR count). The molecule has 1 aromatic carbocycles. The van der Waals surface area contributed by atoms with E-state index in [-0.39, 0.29) is 12.8 Å². The van der Waals surface area contributed by atoms with Crippen molar-refractivity contribution in [2.45, 2.75) is 50.4 Å². The highest BCUT2D eigenvalue weighted by molar-refractivity contribution is 5.73. The van der Waals surface area contributed by atoms with Crippen LogP contribution in [0.2, 0.25) is 0 Å². The van der Waals surface area contributed by atoms with E-state index in [9.17, 15) is 4.39 Å². The average molecular weight is 443 g/mol. The minimum absolute atomic E-state index is 0.00616. The number of rotatable bonds is 7. The van der Waals surface area contributed by atoms with Crippen molar-refractivity contribution in [3.8, 4) is 17.0 Å². The Balaban J connectivity index is 1.49. The van der Waals surface area contributed by atoms with E-state index in [1.807, 2.05) is 11.9 Å². The fourth-order valence-corrected chi connectivity index (χ4v) is 4.80. The number of anilines is 1. The number of halogens is 1. The summed E-state index contributed by atoms with van der Waals surface area (Å²) in [4.78, 5) is 2.01. The number of hydrogen-bond donors (Lipinski definition) is 1. The molecule has 1 aromatic heterocycles. The lowest BCUT2D eigenvalue weighted by molar-refractivity contribution is 0.0514. The summed E-state index contributed by atoms with van der Waals surface area (Å²) in [6, 6.07) is 6.37. The topological polar surface area (TPSA) is 68.7 Å². The van der Waals surface area contributed by atoms with Gasteiger partial charge in [-0.1, -0.05) is 6.07 Å². The summed E-state index contributed by atoms with van der Waals surface area (Å²) in [5.41, 5.74) is 5.17. The summed E-state index contributed by atoms with van der Waals surface area (Å²) in [6.45, 7) is 2.54. The predicted octanol–water partition coefficient (Wildman–Crippen LogP) is 3.53. The number of alkyl halides is 1. The Bertz CT molecular complexity index is 959. The van der Waals surface area contributed by atoms with Crippen LogP contribution in [0.4, 0.5) is 10.2 Å². The number of likely N-dealkylation sites (N-methyl/N-ethyl adjacent to an activating group) is 1. The number of aromatic nitrogens is 2. The monoisotopic (exact) mass is 442 g/mol. The lowest BCUT2D eigenvalue weighted by Crippen LogP contribution is -2.45. The molecule has 0 radical (unpaired) electrons. The van der Waals surface area contributed by atoms with Crippen LogP contribution in [0.25, 0.3) is 11.3 Å². The number of likely N-dealkylation sites (tertiary alicyclic amines) is 1. The van der Waals surface area contributed by atoms with Crippen molar-refractivity contribution < 1.29 is 18.6 Å². The number of fused-ring (bicyclic) bond motifs is 1. The summed E-state index contributed by atoms with van der Waals surface area (Å²) in [5.74, 6) is 2.10. The average Bonchev–Trinajstić information content (AvgIpc) is 3.63. The van der Waals surface area contributed by atoms with Gasteiger partial charge in [-0.15, -0.1) is 10.2 Å². The van der Waals surface area contributed by atoms with Gasteiger partial charge >= 0.3 is 0 Å². The zero-order valence-electron chi connectivity index (χ0n) is 18.8. The first-order chi connectivity index (χ1) is 15.6. The summed E-state index contributed by atoms with van der Waals surface area (Å²) < 4.78 is 31.0. The van der Waals surface area contributed by atoms with Gasteiger partial charge in [-0.05, 0) is 55.5 Å². The summed E-state index contributed by atoms with van der Waals surface area (Å²) in [5, 5.41) is 12.6. The molecule has 2 aliphatic heterocycles. The van der Waals surface area contributed by atoms with Gasteiger partial charge in [-0.25, -0.2) is 4.39 Å². The van der Waals surface area contributed by atoms with Gasteiger partial charge in [0.25, 0.3) is 0 Å². The smallest absolute Gasteiger partial charge is 0.188 e. The Morgan fingerprint density at radius 1 is 1.22 bits per heavy atom. The molecule has 0 bridgehead atoms. The Morgan fingerprint density at radius 2 is 2.09 bits per heavy atom. The zero-order valence-corrected chi connectivity index (χ0v) is 18.8. The highest BCUT2D eigenvalue weighted by atomic mass is 19.1. The van der Waals surface area contributed by atoms with Crippen molar-refractivity contribution >= 4 is 5.82 Å². The molecule has 0 spiro atoms. The maximum absolute atomic E-state index is 14.1. The molecular weight excluding hydrogens is 411 g/mol. The Hall–Kier alpha value is -2.29. The summed E-state index contributed by atoms with van der Waals surface area (Å²) >= 11 is 0. The number of nitrogens with one attached hydrogen (secondary N) is 1. The molecule has 0 unspecified atom stereocenters. The van der Waals surface area contributed by atoms with Crippen LogP contribution in [-0.2, 0) is 22.5 Å². The zero-order chi connectivity index (χ0) is 22.1. The van der Waals surface area contributed by atoms with Crippen molar-refractivity contribution in [1.82, 2.24) is 15.1 Å². The van der Waals surface area contributed by atoms with E-state index in [0.29, 0.717) is 37.9 Å². The van der Waals surface area contributed by atoms with Gasteiger partial charge in [0.1, 0.15) is 17.6 Å². The van der Waals surface area contributed by atoms with Gasteiger partial charge in [0.15, 0.2) is 12.6 Å². The first-order valence-corrected chi connectivity index (χ1v) is 11.4. The third kappa shape index (κ3) is 4.58. The molecule has 2 atom stereocenters.